The number of nitrogens with zero attached hydrogens (tertiary/aromatic N) is 1. The largest absolute Gasteiger partial charge is 0.508 e. The summed E-state index contributed by atoms with van der Waals surface area (Å²) in [7, 11) is 2.76. The summed E-state index contributed by atoms with van der Waals surface area (Å²) in [5.74, 6) is -9.53. The lowest BCUT2D eigenvalue weighted by Gasteiger charge is -2.57. The second kappa shape index (κ2) is 6.87. The Labute approximate surface area is 187 Å². The van der Waals surface area contributed by atoms with Crippen molar-refractivity contribution >= 4 is 23.2 Å². The van der Waals surface area contributed by atoms with E-state index in [1.54, 1.807) is 0 Å². The van der Waals surface area contributed by atoms with E-state index in [2.05, 4.69) is 0 Å². The van der Waals surface area contributed by atoms with E-state index in [0.717, 1.165) is 0 Å². The van der Waals surface area contributed by atoms with Gasteiger partial charge in [0.15, 0.2) is 11.4 Å². The lowest BCUT2D eigenvalue weighted by Crippen LogP contribution is -2.75. The van der Waals surface area contributed by atoms with Gasteiger partial charge < -0.3 is 36.4 Å². The number of aliphatic hydroxyl groups excluding tert-OH is 3. The molecule has 33 heavy (non-hydrogen) atoms. The van der Waals surface area contributed by atoms with Crippen molar-refractivity contribution in [2.24, 2.45) is 11.7 Å². The SMILES string of the molecule is C[C@H]1c2cccc(O)c2C(O)=C2C(=O)[C@]3(O)C(O)=C(C(N)=O)C(=O)[C@@H](N(C)C)[C@@H]3[C@@H](O)C21O. The Balaban J connectivity index is 2.12. The molecular weight excluding hydrogens is 436 g/mol. The summed E-state index contributed by atoms with van der Waals surface area (Å²) >= 11 is 0. The van der Waals surface area contributed by atoms with Crippen molar-refractivity contribution in [2.45, 2.75) is 36.2 Å². The van der Waals surface area contributed by atoms with Crippen LogP contribution in [0.2, 0.25) is 0 Å². The van der Waals surface area contributed by atoms with Crippen molar-refractivity contribution in [3.05, 3.63) is 46.2 Å². The molecule has 0 aromatic heterocycles. The Hall–Kier alpha value is -3.25. The minimum Gasteiger partial charge on any atom is -0.508 e. The molecule has 0 bridgehead atoms. The van der Waals surface area contributed by atoms with Crippen LogP contribution < -0.4 is 5.73 Å². The first kappa shape index (κ1) is 22.9. The van der Waals surface area contributed by atoms with Gasteiger partial charge in [0.25, 0.3) is 5.91 Å². The number of phenols is 1. The summed E-state index contributed by atoms with van der Waals surface area (Å²) < 4.78 is 0. The Kier molecular flexibility index (Phi) is 4.78. The van der Waals surface area contributed by atoms with Crippen molar-refractivity contribution in [1.29, 1.82) is 0 Å². The number of hydrogen-bond donors (Lipinski definition) is 7. The maximum absolute atomic E-state index is 13.7. The molecular formula is C22H24N2O9. The number of primary amides is 1. The Morgan fingerprint density at radius 1 is 1.12 bits per heavy atom. The molecule has 4 rings (SSSR count). The van der Waals surface area contributed by atoms with Crippen LogP contribution in [0.3, 0.4) is 0 Å². The fourth-order valence-corrected chi connectivity index (χ4v) is 5.56. The quantitative estimate of drug-likeness (QED) is 0.258. The number of nitrogens with two attached hydrogens (primary N) is 1. The molecule has 1 unspecified atom stereocenters. The zero-order valence-corrected chi connectivity index (χ0v) is 18.0. The van der Waals surface area contributed by atoms with E-state index in [1.165, 1.54) is 44.1 Å². The molecule has 0 spiro atoms. The van der Waals surface area contributed by atoms with Crippen LogP contribution in [0.25, 0.3) is 5.76 Å². The zero-order chi connectivity index (χ0) is 24.8. The lowest BCUT2D eigenvalue weighted by molar-refractivity contribution is -0.194. The molecule has 3 aliphatic carbocycles. The van der Waals surface area contributed by atoms with Gasteiger partial charge in [-0.25, -0.2) is 0 Å². The van der Waals surface area contributed by atoms with E-state index in [0.29, 0.717) is 0 Å². The number of ketones is 2. The fourth-order valence-electron chi connectivity index (χ4n) is 5.56. The molecule has 11 heteroatoms. The molecule has 0 heterocycles. The van der Waals surface area contributed by atoms with Crippen LogP contribution >= 0.6 is 0 Å². The molecule has 1 aromatic rings. The standard InChI is InChI=1S/C22H24N2O9/c1-7-8-5-4-6-9(25)10(8)15(26)13-19(30)22(33)12(18(29)21(7,13)32)14(24(2)3)16(27)11(17(22)28)20(23)31/h4-7,12,14,18,25-26,28-29,32-33H,1-3H3,(H2,23,31)/t7-,12+,14-,18+,21?,22+/m0/s1. The number of hydrogen-bond acceptors (Lipinski definition) is 10. The topological polar surface area (TPSA) is 202 Å². The van der Waals surface area contributed by atoms with E-state index in [4.69, 9.17) is 5.73 Å². The van der Waals surface area contributed by atoms with E-state index in [1.807, 2.05) is 0 Å². The van der Waals surface area contributed by atoms with Gasteiger partial charge in [0.05, 0.1) is 29.2 Å². The number of amides is 1. The van der Waals surface area contributed by atoms with E-state index in [9.17, 15) is 45.0 Å². The summed E-state index contributed by atoms with van der Waals surface area (Å²) in [5, 5.41) is 66.6. The maximum Gasteiger partial charge on any atom is 0.255 e. The summed E-state index contributed by atoms with van der Waals surface area (Å²) in [5.41, 5.74) is -2.23. The van der Waals surface area contributed by atoms with Crippen LogP contribution in [0, 0.1) is 5.92 Å². The molecule has 1 amide bonds. The van der Waals surface area contributed by atoms with Crippen molar-refractivity contribution in [3.63, 3.8) is 0 Å². The van der Waals surface area contributed by atoms with Gasteiger partial charge in [-0.1, -0.05) is 19.1 Å². The first-order chi connectivity index (χ1) is 15.2. The normalized spacial score (nSPS) is 36.0. The number of aliphatic hydroxyl groups is 5. The van der Waals surface area contributed by atoms with E-state index in [-0.39, 0.29) is 11.1 Å². The van der Waals surface area contributed by atoms with Crippen molar-refractivity contribution in [2.75, 3.05) is 14.1 Å². The van der Waals surface area contributed by atoms with E-state index < -0.39 is 81.1 Å². The molecule has 0 radical (unpaired) electrons. The monoisotopic (exact) mass is 460 g/mol. The van der Waals surface area contributed by atoms with E-state index >= 15 is 0 Å². The van der Waals surface area contributed by atoms with Crippen LogP contribution in [0.1, 0.15) is 24.0 Å². The van der Waals surface area contributed by atoms with Crippen molar-refractivity contribution in [3.8, 4) is 5.75 Å². The maximum atomic E-state index is 13.7. The Morgan fingerprint density at radius 2 is 1.73 bits per heavy atom. The van der Waals surface area contributed by atoms with Gasteiger partial charge >= 0.3 is 0 Å². The average molecular weight is 460 g/mol. The lowest BCUT2D eigenvalue weighted by atomic mass is 9.52. The highest BCUT2D eigenvalue weighted by atomic mass is 16.4. The first-order valence-corrected chi connectivity index (χ1v) is 10.1. The predicted octanol–water partition coefficient (Wildman–Crippen LogP) is -1.39. The van der Waals surface area contributed by atoms with Gasteiger partial charge in [-0.05, 0) is 25.7 Å². The van der Waals surface area contributed by atoms with Crippen molar-refractivity contribution < 1.29 is 45.0 Å². The van der Waals surface area contributed by atoms with Gasteiger partial charge in [-0.15, -0.1) is 0 Å². The molecule has 1 fully saturated rings. The minimum atomic E-state index is -3.08. The average Bonchev–Trinajstić information content (AvgIpc) is 2.72. The zero-order valence-electron chi connectivity index (χ0n) is 18.0. The minimum absolute atomic E-state index is 0.193. The van der Waals surface area contributed by atoms with Gasteiger partial charge in [0, 0.05) is 5.92 Å². The highest BCUT2D eigenvalue weighted by Crippen LogP contribution is 2.57. The van der Waals surface area contributed by atoms with Gasteiger partial charge in [0.2, 0.25) is 5.78 Å². The Bertz CT molecular complexity index is 1190. The molecule has 3 aliphatic rings. The van der Waals surface area contributed by atoms with Gasteiger partial charge in [-0.3, -0.25) is 19.3 Å². The number of phenolic OH excluding ortho intramolecular Hbond substituents is 1. The Morgan fingerprint density at radius 3 is 2.27 bits per heavy atom. The molecule has 176 valence electrons. The molecule has 6 atom stereocenters. The van der Waals surface area contributed by atoms with Crippen LogP contribution in [-0.2, 0) is 14.4 Å². The number of carbonyl (C=O) groups excluding carboxylic acids is 3. The smallest absolute Gasteiger partial charge is 0.255 e. The molecule has 1 aromatic carbocycles. The summed E-state index contributed by atoms with van der Waals surface area (Å²) in [6.45, 7) is 1.44. The molecule has 11 nitrogen and oxygen atoms in total. The number of carbonyl (C=O) groups is 3. The third-order valence-corrected chi connectivity index (χ3v) is 7.18. The molecule has 1 saturated carbocycles. The number of aromatic hydroxyl groups is 1. The third-order valence-electron chi connectivity index (χ3n) is 7.18. The fraction of sp³-hybridized carbons (Fsp3) is 0.409. The molecule has 8 N–H and O–H groups in total. The molecule has 0 saturated heterocycles. The number of rotatable bonds is 2. The van der Waals surface area contributed by atoms with Crippen LogP contribution in [0.5, 0.6) is 5.75 Å². The summed E-state index contributed by atoms with van der Waals surface area (Å²) in [6, 6.07) is 2.61. The van der Waals surface area contributed by atoms with Crippen molar-refractivity contribution in [1.82, 2.24) is 4.90 Å². The number of Topliss-reactive ketones (excluding diaryl/α,β-unsaturated/α-hetero) is 2. The number of fused-ring (bicyclic) bond motifs is 3. The molecule has 0 aliphatic heterocycles. The number of likely N-dealkylation sites (N-methyl/N-ethyl adjacent to an activating group) is 1. The summed E-state index contributed by atoms with van der Waals surface area (Å²) in [6.07, 6.45) is -2.09. The van der Waals surface area contributed by atoms with Crippen LogP contribution in [0.4, 0.5) is 0 Å². The second-order valence-corrected chi connectivity index (χ2v) is 8.94. The van der Waals surface area contributed by atoms with Gasteiger partial charge in [-0.2, -0.15) is 0 Å². The predicted molar refractivity (Wildman–Crippen MR) is 112 cm³/mol. The second-order valence-electron chi connectivity index (χ2n) is 8.94. The third kappa shape index (κ3) is 2.50. The van der Waals surface area contributed by atoms with Crippen LogP contribution in [0.15, 0.2) is 35.1 Å². The van der Waals surface area contributed by atoms with Gasteiger partial charge in [0.1, 0.15) is 28.4 Å². The highest BCUT2D eigenvalue weighted by molar-refractivity contribution is 6.25. The van der Waals surface area contributed by atoms with Crippen LogP contribution in [-0.4, -0.2) is 90.5 Å². The summed E-state index contributed by atoms with van der Waals surface area (Å²) in [4.78, 5) is 39.9. The highest BCUT2D eigenvalue weighted by Gasteiger charge is 2.72. The first-order valence-electron chi connectivity index (χ1n) is 10.1. The number of benzene rings is 1.